The first-order valence-corrected chi connectivity index (χ1v) is 5.51. The molecule has 3 atom stereocenters. The molecular weight excluding hydrogens is 210 g/mol. The van der Waals surface area contributed by atoms with Crippen LogP contribution >= 0.6 is 0 Å². The Hall–Kier alpha value is -1.30. The molecule has 1 saturated carbocycles. The highest BCUT2D eigenvalue weighted by Gasteiger charge is 2.42. The number of amidine groups is 1. The molecule has 3 N–H and O–H groups in total. The molecule has 2 rings (SSSR count). The second kappa shape index (κ2) is 4.29. The van der Waals surface area contributed by atoms with Crippen LogP contribution in [0, 0.1) is 11.8 Å². The summed E-state index contributed by atoms with van der Waals surface area (Å²) >= 11 is 0. The van der Waals surface area contributed by atoms with Crippen LogP contribution in [-0.2, 0) is 9.53 Å². The Morgan fingerprint density at radius 1 is 1.62 bits per heavy atom. The molecule has 1 amide bonds. The van der Waals surface area contributed by atoms with Gasteiger partial charge in [-0.15, -0.1) is 0 Å². The fourth-order valence-corrected chi connectivity index (χ4v) is 1.99. The number of carbonyl (C=O) groups is 1. The average molecular weight is 227 g/mol. The predicted octanol–water partition coefficient (Wildman–Crippen LogP) is -0.384. The molecule has 1 aliphatic heterocycles. The van der Waals surface area contributed by atoms with Crippen LogP contribution < -0.4 is 5.73 Å². The molecule has 0 aromatic heterocycles. The summed E-state index contributed by atoms with van der Waals surface area (Å²) in [7, 11) is 0. The number of rotatable bonds is 2. The van der Waals surface area contributed by atoms with Crippen LogP contribution in [0.4, 0.5) is 0 Å². The maximum Gasteiger partial charge on any atom is 0.226 e. The maximum atomic E-state index is 12.0. The summed E-state index contributed by atoms with van der Waals surface area (Å²) in [4.78, 5) is 13.7. The normalized spacial score (nSPS) is 34.9. The average Bonchev–Trinajstić information content (AvgIpc) is 3.04. The molecule has 1 heterocycles. The van der Waals surface area contributed by atoms with Gasteiger partial charge in [0.15, 0.2) is 5.84 Å². The van der Waals surface area contributed by atoms with E-state index in [1.165, 1.54) is 0 Å². The standard InChI is InChI=1S/C10H17N3O3/c1-6-4-7(6)10(14)13-2-3-16-8(5-13)9(11)12-15/h6-8,15H,2-5H2,1H3,(H2,11,12). The van der Waals surface area contributed by atoms with E-state index in [-0.39, 0.29) is 17.7 Å². The molecule has 0 radical (unpaired) electrons. The van der Waals surface area contributed by atoms with Crippen molar-refractivity contribution in [2.75, 3.05) is 19.7 Å². The highest BCUT2D eigenvalue weighted by atomic mass is 16.5. The molecule has 0 bridgehead atoms. The fraction of sp³-hybridized carbons (Fsp3) is 0.800. The van der Waals surface area contributed by atoms with Crippen molar-refractivity contribution >= 4 is 11.7 Å². The molecule has 1 aliphatic carbocycles. The van der Waals surface area contributed by atoms with Gasteiger partial charge in [-0.2, -0.15) is 0 Å². The van der Waals surface area contributed by atoms with Crippen LogP contribution in [0.25, 0.3) is 0 Å². The zero-order valence-corrected chi connectivity index (χ0v) is 9.30. The Morgan fingerprint density at radius 3 is 2.88 bits per heavy atom. The number of carbonyl (C=O) groups excluding carboxylic acids is 1. The summed E-state index contributed by atoms with van der Waals surface area (Å²) in [6, 6.07) is 0. The van der Waals surface area contributed by atoms with Crippen molar-refractivity contribution in [1.29, 1.82) is 0 Å². The Kier molecular flexibility index (Phi) is 3.00. The number of ether oxygens (including phenoxy) is 1. The van der Waals surface area contributed by atoms with Crippen LogP contribution in [0.2, 0.25) is 0 Å². The van der Waals surface area contributed by atoms with Crippen molar-refractivity contribution in [3.05, 3.63) is 0 Å². The Bertz CT molecular complexity index is 318. The number of morpholine rings is 1. The van der Waals surface area contributed by atoms with Crippen LogP contribution in [0.5, 0.6) is 0 Å². The number of nitrogens with zero attached hydrogens (tertiary/aromatic N) is 2. The van der Waals surface area contributed by atoms with Gasteiger partial charge in [0.25, 0.3) is 0 Å². The second-order valence-electron chi connectivity index (χ2n) is 4.49. The van der Waals surface area contributed by atoms with Gasteiger partial charge in [-0.3, -0.25) is 4.79 Å². The first-order valence-electron chi connectivity index (χ1n) is 5.51. The topological polar surface area (TPSA) is 88.2 Å². The van der Waals surface area contributed by atoms with Crippen LogP contribution in [0.1, 0.15) is 13.3 Å². The minimum atomic E-state index is -0.475. The van der Waals surface area contributed by atoms with E-state index >= 15 is 0 Å². The third-order valence-electron chi connectivity index (χ3n) is 3.25. The minimum absolute atomic E-state index is 0.0290. The van der Waals surface area contributed by atoms with Gasteiger partial charge in [-0.05, 0) is 12.3 Å². The number of hydrogen-bond acceptors (Lipinski definition) is 4. The fourth-order valence-electron chi connectivity index (χ4n) is 1.99. The first kappa shape index (κ1) is 11.2. The number of amides is 1. The number of hydrogen-bond donors (Lipinski definition) is 2. The van der Waals surface area contributed by atoms with Gasteiger partial charge in [0, 0.05) is 12.5 Å². The summed E-state index contributed by atoms with van der Waals surface area (Å²) in [6.07, 6.45) is 0.501. The zero-order chi connectivity index (χ0) is 11.7. The lowest BCUT2D eigenvalue weighted by atomic mass is 10.2. The summed E-state index contributed by atoms with van der Waals surface area (Å²) in [6.45, 7) is 3.49. The van der Waals surface area contributed by atoms with Gasteiger partial charge in [-0.1, -0.05) is 12.1 Å². The van der Waals surface area contributed by atoms with Crippen molar-refractivity contribution < 1.29 is 14.7 Å². The molecule has 6 heteroatoms. The first-order chi connectivity index (χ1) is 7.63. The van der Waals surface area contributed by atoms with Crippen molar-refractivity contribution in [1.82, 2.24) is 4.90 Å². The second-order valence-corrected chi connectivity index (χ2v) is 4.49. The van der Waals surface area contributed by atoms with Crippen LogP contribution in [-0.4, -0.2) is 47.7 Å². The molecule has 90 valence electrons. The third-order valence-corrected chi connectivity index (χ3v) is 3.25. The summed E-state index contributed by atoms with van der Waals surface area (Å²) in [5, 5.41) is 11.5. The van der Waals surface area contributed by atoms with Crippen molar-refractivity contribution in [2.45, 2.75) is 19.4 Å². The summed E-state index contributed by atoms with van der Waals surface area (Å²) < 4.78 is 5.33. The molecule has 16 heavy (non-hydrogen) atoms. The number of oxime groups is 1. The van der Waals surface area contributed by atoms with E-state index in [0.29, 0.717) is 25.6 Å². The third kappa shape index (κ3) is 2.11. The Morgan fingerprint density at radius 2 is 2.31 bits per heavy atom. The molecule has 6 nitrogen and oxygen atoms in total. The van der Waals surface area contributed by atoms with Crippen LogP contribution in [0.15, 0.2) is 5.16 Å². The van der Waals surface area contributed by atoms with Crippen molar-refractivity contribution in [3.8, 4) is 0 Å². The summed E-state index contributed by atoms with van der Waals surface area (Å²) in [5.74, 6) is 0.872. The van der Waals surface area contributed by atoms with E-state index in [0.717, 1.165) is 6.42 Å². The predicted molar refractivity (Wildman–Crippen MR) is 57.0 cm³/mol. The van der Waals surface area contributed by atoms with E-state index in [9.17, 15) is 4.79 Å². The summed E-state index contributed by atoms with van der Waals surface area (Å²) in [5.41, 5.74) is 5.47. The molecular formula is C10H17N3O3. The lowest BCUT2D eigenvalue weighted by molar-refractivity contribution is -0.138. The van der Waals surface area contributed by atoms with Gasteiger partial charge in [-0.25, -0.2) is 0 Å². The van der Waals surface area contributed by atoms with Gasteiger partial charge in [0.2, 0.25) is 5.91 Å². The SMILES string of the molecule is CC1CC1C(=O)N1CCOC(C(N)=NO)C1. The molecule has 3 unspecified atom stereocenters. The molecule has 0 aromatic rings. The van der Waals surface area contributed by atoms with E-state index in [4.69, 9.17) is 15.7 Å². The smallest absolute Gasteiger partial charge is 0.226 e. The molecule has 1 saturated heterocycles. The van der Waals surface area contributed by atoms with Gasteiger partial charge < -0.3 is 20.6 Å². The lowest BCUT2D eigenvalue weighted by Gasteiger charge is -2.32. The monoisotopic (exact) mass is 227 g/mol. The maximum absolute atomic E-state index is 12.0. The number of nitrogens with two attached hydrogens (primary N) is 1. The Labute approximate surface area is 94.0 Å². The molecule has 2 fully saturated rings. The lowest BCUT2D eigenvalue weighted by Crippen LogP contribution is -2.51. The van der Waals surface area contributed by atoms with E-state index in [2.05, 4.69) is 12.1 Å². The Balaban J connectivity index is 1.94. The molecule has 0 spiro atoms. The molecule has 2 aliphatic rings. The minimum Gasteiger partial charge on any atom is -0.409 e. The van der Waals surface area contributed by atoms with E-state index in [1.807, 2.05) is 0 Å². The van der Waals surface area contributed by atoms with Gasteiger partial charge in [0.05, 0.1) is 13.2 Å². The highest BCUT2D eigenvalue weighted by Crippen LogP contribution is 2.39. The highest BCUT2D eigenvalue weighted by molar-refractivity contribution is 5.86. The van der Waals surface area contributed by atoms with Crippen LogP contribution in [0.3, 0.4) is 0 Å². The van der Waals surface area contributed by atoms with Crippen molar-refractivity contribution in [3.63, 3.8) is 0 Å². The van der Waals surface area contributed by atoms with E-state index < -0.39 is 6.10 Å². The zero-order valence-electron chi connectivity index (χ0n) is 9.30. The quantitative estimate of drug-likeness (QED) is 0.291. The van der Waals surface area contributed by atoms with Gasteiger partial charge >= 0.3 is 0 Å². The van der Waals surface area contributed by atoms with Gasteiger partial charge in [0.1, 0.15) is 6.10 Å². The molecule has 0 aromatic carbocycles. The largest absolute Gasteiger partial charge is 0.409 e. The van der Waals surface area contributed by atoms with Crippen molar-refractivity contribution in [2.24, 2.45) is 22.7 Å². The van der Waals surface area contributed by atoms with E-state index in [1.54, 1.807) is 4.90 Å².